The molecule has 0 amide bonds. The summed E-state index contributed by atoms with van der Waals surface area (Å²) in [6.07, 6.45) is 10.9. The zero-order chi connectivity index (χ0) is 56.0. The van der Waals surface area contributed by atoms with Crippen LogP contribution in [0.4, 0.5) is 51.7 Å². The first-order valence-corrected chi connectivity index (χ1v) is 28.0. The number of hydrogen-bond acceptors (Lipinski definition) is 2. The fourth-order valence-electron chi connectivity index (χ4n) is 13.4. The molecule has 0 aromatic heterocycles. The minimum absolute atomic E-state index is 0.130. The molecular weight excluding hydrogens is 1000 g/mol. The van der Waals surface area contributed by atoms with E-state index in [2.05, 4.69) is 175 Å². The largest absolute Gasteiger partial charge is 0.310 e. The molecule has 0 fully saturated rings. The van der Waals surface area contributed by atoms with Crippen molar-refractivity contribution in [3.63, 3.8) is 0 Å². The van der Waals surface area contributed by atoms with Crippen molar-refractivity contribution in [2.24, 2.45) is 0 Å². The summed E-state index contributed by atoms with van der Waals surface area (Å²) in [5.74, 6) is -1.25. The van der Waals surface area contributed by atoms with Crippen LogP contribution in [0, 0.1) is 23.3 Å². The fourth-order valence-corrected chi connectivity index (χ4v) is 13.4. The average molecular weight is 1070 g/mol. The Hall–Kier alpha value is -9.00. The zero-order valence-corrected chi connectivity index (χ0v) is 46.3. The molecule has 81 heavy (non-hydrogen) atoms. The first-order chi connectivity index (χ1) is 39.1. The molecule has 0 N–H and O–H groups in total. The van der Waals surface area contributed by atoms with E-state index in [-0.39, 0.29) is 39.5 Å². The molecule has 0 heterocycles. The van der Waals surface area contributed by atoms with E-state index < -0.39 is 0 Å². The quantitative estimate of drug-likeness (QED) is 0.0889. The van der Waals surface area contributed by atoms with Gasteiger partial charge in [-0.15, -0.1) is 0 Å². The van der Waals surface area contributed by atoms with Gasteiger partial charge in [-0.3, -0.25) is 0 Å². The van der Waals surface area contributed by atoms with Gasteiger partial charge < -0.3 is 9.80 Å². The predicted molar refractivity (Wildman–Crippen MR) is 328 cm³/mol. The van der Waals surface area contributed by atoms with Crippen molar-refractivity contribution in [2.75, 3.05) is 9.80 Å². The smallest absolute Gasteiger partial charge is 0.123 e. The third-order valence-electron chi connectivity index (χ3n) is 17.8. The molecule has 0 spiro atoms. The summed E-state index contributed by atoms with van der Waals surface area (Å²) in [7, 11) is 0. The topological polar surface area (TPSA) is 6.48 Å². The lowest BCUT2D eigenvalue weighted by Gasteiger charge is -2.30. The molecule has 0 saturated heterocycles. The molecule has 0 aliphatic heterocycles. The summed E-state index contributed by atoms with van der Waals surface area (Å²) in [6, 6.07) is 66.2. The van der Waals surface area contributed by atoms with Crippen molar-refractivity contribution in [1.82, 2.24) is 0 Å². The summed E-state index contributed by atoms with van der Waals surface area (Å²) in [5.41, 5.74) is 23.9. The van der Waals surface area contributed by atoms with Gasteiger partial charge in [-0.2, -0.15) is 0 Å². The van der Waals surface area contributed by atoms with Gasteiger partial charge in [-0.1, -0.05) is 151 Å². The first-order valence-electron chi connectivity index (χ1n) is 28.0. The van der Waals surface area contributed by atoms with Crippen molar-refractivity contribution < 1.29 is 17.6 Å². The number of benzene rings is 10. The van der Waals surface area contributed by atoms with Crippen molar-refractivity contribution in [3.05, 3.63) is 285 Å². The number of nitrogens with zero attached hydrogens (tertiary/aromatic N) is 2. The highest BCUT2D eigenvalue weighted by Gasteiger charge is 2.41. The molecule has 0 saturated carbocycles. The molecule has 0 atom stereocenters. The third-order valence-corrected chi connectivity index (χ3v) is 17.8. The number of halogens is 4. The molecule has 13 rings (SSSR count). The van der Waals surface area contributed by atoms with Gasteiger partial charge in [0.15, 0.2) is 0 Å². The summed E-state index contributed by atoms with van der Waals surface area (Å²) >= 11 is 0. The minimum atomic E-state index is -0.312. The van der Waals surface area contributed by atoms with Gasteiger partial charge in [0.1, 0.15) is 23.3 Å². The van der Waals surface area contributed by atoms with Gasteiger partial charge in [-0.05, 0) is 223 Å². The molecule has 10 aromatic carbocycles. The SMILES string of the molecule is CCC1(CC)c2cc(/C=C/c3ccc4c(c3)C(C)(C)c3cc(N(c5ccc(F)cc5)c5ccc(F)cc5)ccc3-4)ccc2-c2ccc(/C=C/c3ccc4c(c3)C(C)(C)c3cc(N(c5ccc(F)cc5)c5ccc(F)cc5)ccc3-4)cc21. The summed E-state index contributed by atoms with van der Waals surface area (Å²) in [5, 5.41) is 0. The standard InChI is InChI=1S/C75H60F4N2/c1-7-75(8-2)71-43-49(11-9-47-13-35-61-63-39-33-59(45-69(63)73(3,4)67(61)41-47)80(55-25-17-51(76)18-26-55)56-27-19-52(77)20-28-56)15-37-65(71)66-38-16-50(44-72(66)75)12-10-48-14-36-62-64-40-34-60(46-70(64)74(5,6)68(62)42-48)81(57-29-21-53(78)22-30-57)58-31-23-54(79)24-32-58/h9-46H,7-8H2,1-6H3/b11-9+,12-10+. The highest BCUT2D eigenvalue weighted by molar-refractivity contribution is 5.90. The lowest BCUT2D eigenvalue weighted by Crippen LogP contribution is -2.23. The van der Waals surface area contributed by atoms with E-state index in [1.54, 1.807) is 48.5 Å². The second-order valence-electron chi connectivity index (χ2n) is 23.0. The van der Waals surface area contributed by atoms with Crippen molar-refractivity contribution in [2.45, 2.75) is 70.6 Å². The Morgan fingerprint density at radius 3 is 0.778 bits per heavy atom. The van der Waals surface area contributed by atoms with E-state index in [1.165, 1.54) is 126 Å². The van der Waals surface area contributed by atoms with Gasteiger partial charge in [-0.25, -0.2) is 17.6 Å². The maximum Gasteiger partial charge on any atom is 0.123 e. The van der Waals surface area contributed by atoms with Crippen molar-refractivity contribution in [3.8, 4) is 33.4 Å². The second-order valence-corrected chi connectivity index (χ2v) is 23.0. The van der Waals surface area contributed by atoms with E-state index in [4.69, 9.17) is 0 Å². The maximum atomic E-state index is 14.1. The molecule has 0 radical (unpaired) electrons. The third kappa shape index (κ3) is 8.71. The molecule has 0 bridgehead atoms. The molecule has 398 valence electrons. The normalized spacial score (nSPS) is 14.6. The van der Waals surface area contributed by atoms with E-state index in [0.717, 1.165) is 58.1 Å². The highest BCUT2D eigenvalue weighted by atomic mass is 19.1. The van der Waals surface area contributed by atoms with Crippen LogP contribution in [-0.4, -0.2) is 0 Å². The number of anilines is 6. The summed E-state index contributed by atoms with van der Waals surface area (Å²) in [6.45, 7) is 13.7. The van der Waals surface area contributed by atoms with Crippen LogP contribution >= 0.6 is 0 Å². The summed E-state index contributed by atoms with van der Waals surface area (Å²) < 4.78 is 56.5. The Bertz CT molecular complexity index is 3810. The van der Waals surface area contributed by atoms with Gasteiger partial charge in [0.2, 0.25) is 0 Å². The maximum absolute atomic E-state index is 14.1. The van der Waals surface area contributed by atoms with Crippen LogP contribution in [0.25, 0.3) is 57.7 Å². The molecule has 2 nitrogen and oxygen atoms in total. The van der Waals surface area contributed by atoms with Gasteiger partial charge >= 0.3 is 0 Å². The minimum Gasteiger partial charge on any atom is -0.310 e. The zero-order valence-electron chi connectivity index (χ0n) is 46.3. The Morgan fingerprint density at radius 1 is 0.284 bits per heavy atom. The van der Waals surface area contributed by atoms with Crippen LogP contribution in [0.15, 0.2) is 206 Å². The Balaban J connectivity index is 0.747. The summed E-state index contributed by atoms with van der Waals surface area (Å²) in [4.78, 5) is 4.09. The molecule has 0 unspecified atom stereocenters. The van der Waals surface area contributed by atoms with Crippen LogP contribution in [0.1, 0.15) is 110 Å². The molecule has 3 aliphatic rings. The van der Waals surface area contributed by atoms with Crippen molar-refractivity contribution in [1.29, 1.82) is 0 Å². The molecular formula is C75H60F4N2. The number of hydrogen-bond donors (Lipinski definition) is 0. The Labute approximate surface area is 472 Å². The van der Waals surface area contributed by atoms with E-state index in [0.29, 0.717) is 0 Å². The molecule has 10 aromatic rings. The Kier molecular flexibility index (Phi) is 12.5. The van der Waals surface area contributed by atoms with Crippen LogP contribution < -0.4 is 9.80 Å². The Morgan fingerprint density at radius 2 is 0.506 bits per heavy atom. The predicted octanol–water partition coefficient (Wildman–Crippen LogP) is 21.2. The van der Waals surface area contributed by atoms with Crippen LogP contribution in [0.3, 0.4) is 0 Å². The highest BCUT2D eigenvalue weighted by Crippen LogP contribution is 2.55. The van der Waals surface area contributed by atoms with E-state index in [9.17, 15) is 17.6 Å². The lowest BCUT2D eigenvalue weighted by molar-refractivity contribution is 0.490. The number of fused-ring (bicyclic) bond motifs is 9. The van der Waals surface area contributed by atoms with Gasteiger partial charge in [0, 0.05) is 50.4 Å². The first kappa shape index (κ1) is 51.4. The molecule has 6 heteroatoms. The number of rotatable bonds is 12. The monoisotopic (exact) mass is 1060 g/mol. The van der Waals surface area contributed by atoms with Crippen LogP contribution in [0.5, 0.6) is 0 Å². The van der Waals surface area contributed by atoms with Crippen LogP contribution in [-0.2, 0) is 16.2 Å². The van der Waals surface area contributed by atoms with Gasteiger partial charge in [0.05, 0.1) is 0 Å². The lowest BCUT2D eigenvalue weighted by atomic mass is 9.73. The van der Waals surface area contributed by atoms with Crippen LogP contribution in [0.2, 0.25) is 0 Å². The fraction of sp³-hybridized carbons (Fsp3) is 0.147. The van der Waals surface area contributed by atoms with E-state index in [1.807, 2.05) is 9.80 Å². The second kappa shape index (κ2) is 19.7. The van der Waals surface area contributed by atoms with Gasteiger partial charge in [0.25, 0.3) is 0 Å². The molecule has 3 aliphatic carbocycles. The van der Waals surface area contributed by atoms with E-state index >= 15 is 0 Å². The average Bonchev–Trinajstić information content (AvgIpc) is 3.99. The van der Waals surface area contributed by atoms with Crippen molar-refractivity contribution >= 4 is 58.4 Å².